The summed E-state index contributed by atoms with van der Waals surface area (Å²) in [5.41, 5.74) is 0.771. The Morgan fingerprint density at radius 2 is 2.20 bits per heavy atom. The second kappa shape index (κ2) is 3.77. The summed E-state index contributed by atoms with van der Waals surface area (Å²) in [6.45, 7) is 6.56. The minimum Gasteiger partial charge on any atom is -0.323 e. The lowest BCUT2D eigenvalue weighted by molar-refractivity contribution is 0.0926. The summed E-state index contributed by atoms with van der Waals surface area (Å²) in [6, 6.07) is 0. The third kappa shape index (κ3) is 1.81. The molecule has 0 bridgehead atoms. The third-order valence-electron chi connectivity index (χ3n) is 2.83. The molecule has 0 aliphatic carbocycles. The number of hydrogen-bond donors (Lipinski definition) is 0. The number of ketones is 1. The normalized spacial score (nSPS) is 16.8. The molecule has 0 amide bonds. The number of rotatable bonds is 2. The maximum Gasteiger partial charge on any atom is 0.183 e. The van der Waals surface area contributed by atoms with Crippen molar-refractivity contribution in [2.24, 2.45) is 5.92 Å². The highest BCUT2D eigenvalue weighted by atomic mass is 16.1. The molecule has 1 aliphatic heterocycles. The predicted molar refractivity (Wildman–Crippen MR) is 57.7 cm³/mol. The van der Waals surface area contributed by atoms with Gasteiger partial charge in [-0.1, -0.05) is 13.8 Å². The van der Waals surface area contributed by atoms with Gasteiger partial charge in [-0.3, -0.25) is 9.69 Å². The zero-order chi connectivity index (χ0) is 11.0. The molecule has 0 saturated carbocycles. The number of fused-ring (bicyclic) bond motifs is 1. The van der Waals surface area contributed by atoms with Gasteiger partial charge in [-0.05, 0) is 7.05 Å². The number of Topliss-reactive ketones (excluding diaryl/α,β-unsaturated/α-hetero) is 1. The van der Waals surface area contributed by atoms with Crippen molar-refractivity contribution in [2.45, 2.75) is 26.9 Å². The number of carbonyl (C=O) groups is 1. The highest BCUT2D eigenvalue weighted by Crippen LogP contribution is 2.15. The number of hydrogen-bond acceptors (Lipinski definition) is 3. The molecular formula is C11H17N3O. The van der Waals surface area contributed by atoms with E-state index in [1.165, 1.54) is 0 Å². The van der Waals surface area contributed by atoms with Gasteiger partial charge < -0.3 is 4.57 Å². The van der Waals surface area contributed by atoms with E-state index >= 15 is 0 Å². The molecule has 0 fully saturated rings. The minimum absolute atomic E-state index is 0.0467. The maximum absolute atomic E-state index is 11.9. The van der Waals surface area contributed by atoms with Crippen molar-refractivity contribution in [3.05, 3.63) is 17.7 Å². The van der Waals surface area contributed by atoms with Crippen LogP contribution in [0.4, 0.5) is 0 Å². The lowest BCUT2D eigenvalue weighted by atomic mass is 10.1. The van der Waals surface area contributed by atoms with Crippen LogP contribution in [0.15, 0.2) is 6.20 Å². The van der Waals surface area contributed by atoms with Crippen molar-refractivity contribution >= 4 is 5.78 Å². The Bertz CT molecular complexity index is 381. The predicted octanol–water partition coefficient (Wildman–Crippen LogP) is 1.17. The Morgan fingerprint density at radius 3 is 2.87 bits per heavy atom. The highest BCUT2D eigenvalue weighted by molar-refractivity contribution is 5.95. The third-order valence-corrected chi connectivity index (χ3v) is 2.83. The summed E-state index contributed by atoms with van der Waals surface area (Å²) in [5, 5.41) is 0. The summed E-state index contributed by atoms with van der Waals surface area (Å²) in [7, 11) is 2.07. The fourth-order valence-electron chi connectivity index (χ4n) is 1.87. The largest absolute Gasteiger partial charge is 0.323 e. The van der Waals surface area contributed by atoms with E-state index in [9.17, 15) is 4.79 Å². The van der Waals surface area contributed by atoms with Gasteiger partial charge in [0.05, 0.1) is 12.7 Å². The monoisotopic (exact) mass is 207 g/mol. The van der Waals surface area contributed by atoms with Crippen LogP contribution in [0.1, 0.15) is 30.2 Å². The Morgan fingerprint density at radius 1 is 1.47 bits per heavy atom. The molecule has 0 aromatic carbocycles. The number of aromatic nitrogens is 2. The summed E-state index contributed by atoms with van der Waals surface area (Å²) < 4.78 is 2.06. The van der Waals surface area contributed by atoms with Gasteiger partial charge in [0.1, 0.15) is 11.5 Å². The fraction of sp³-hybridized carbons (Fsp3) is 0.636. The molecule has 1 aromatic heterocycles. The summed E-state index contributed by atoms with van der Waals surface area (Å²) in [6.07, 6.45) is 1.72. The summed E-state index contributed by atoms with van der Waals surface area (Å²) in [5.74, 6) is 1.25. The minimum atomic E-state index is 0.0467. The number of nitrogens with zero attached hydrogens (tertiary/aromatic N) is 3. The Hall–Kier alpha value is -1.16. The molecule has 82 valence electrons. The SMILES string of the molecule is CC(C)C(=O)c1cnc2n1CCN(C)C2. The van der Waals surface area contributed by atoms with Crippen LogP contribution < -0.4 is 0 Å². The first kappa shape index (κ1) is 10.4. The Kier molecular flexibility index (Phi) is 2.61. The van der Waals surface area contributed by atoms with Crippen molar-refractivity contribution in [3.63, 3.8) is 0 Å². The molecule has 2 rings (SSSR count). The smallest absolute Gasteiger partial charge is 0.183 e. The van der Waals surface area contributed by atoms with Crippen LogP contribution >= 0.6 is 0 Å². The van der Waals surface area contributed by atoms with Crippen LogP contribution in [0.5, 0.6) is 0 Å². The molecule has 1 aromatic rings. The van der Waals surface area contributed by atoms with Crippen LogP contribution in [0.25, 0.3) is 0 Å². The highest BCUT2D eigenvalue weighted by Gasteiger charge is 2.22. The zero-order valence-corrected chi connectivity index (χ0v) is 9.53. The summed E-state index contributed by atoms with van der Waals surface area (Å²) in [4.78, 5) is 18.4. The van der Waals surface area contributed by atoms with Gasteiger partial charge in [0.25, 0.3) is 0 Å². The molecule has 1 aliphatic rings. The van der Waals surface area contributed by atoms with Crippen LogP contribution in [-0.4, -0.2) is 33.8 Å². The number of likely N-dealkylation sites (N-methyl/N-ethyl adjacent to an activating group) is 1. The first-order valence-corrected chi connectivity index (χ1v) is 5.36. The number of carbonyl (C=O) groups excluding carboxylic acids is 1. The van der Waals surface area contributed by atoms with E-state index in [4.69, 9.17) is 0 Å². The van der Waals surface area contributed by atoms with Gasteiger partial charge in [-0.25, -0.2) is 4.98 Å². The van der Waals surface area contributed by atoms with E-state index in [-0.39, 0.29) is 11.7 Å². The molecule has 15 heavy (non-hydrogen) atoms. The van der Waals surface area contributed by atoms with Crippen LogP contribution in [-0.2, 0) is 13.1 Å². The molecule has 4 heteroatoms. The lowest BCUT2D eigenvalue weighted by Gasteiger charge is -2.24. The van der Waals surface area contributed by atoms with Crippen molar-refractivity contribution < 1.29 is 4.79 Å². The Labute approximate surface area is 89.9 Å². The standard InChI is InChI=1S/C11H17N3O/c1-8(2)11(15)9-6-12-10-7-13(3)4-5-14(9)10/h6,8H,4-5,7H2,1-3H3. The molecule has 4 nitrogen and oxygen atoms in total. The van der Waals surface area contributed by atoms with Gasteiger partial charge in [0, 0.05) is 19.0 Å². The van der Waals surface area contributed by atoms with Gasteiger partial charge in [-0.2, -0.15) is 0 Å². The van der Waals surface area contributed by atoms with E-state index in [1.807, 2.05) is 13.8 Å². The molecule has 0 atom stereocenters. The second-order valence-electron chi connectivity index (χ2n) is 4.47. The van der Waals surface area contributed by atoms with Gasteiger partial charge in [-0.15, -0.1) is 0 Å². The van der Waals surface area contributed by atoms with Gasteiger partial charge in [0.2, 0.25) is 0 Å². The Balaban J connectivity index is 2.32. The lowest BCUT2D eigenvalue weighted by Crippen LogP contribution is -2.32. The van der Waals surface area contributed by atoms with Crippen molar-refractivity contribution in [1.29, 1.82) is 0 Å². The van der Waals surface area contributed by atoms with Crippen molar-refractivity contribution in [1.82, 2.24) is 14.5 Å². The van der Waals surface area contributed by atoms with E-state index < -0.39 is 0 Å². The van der Waals surface area contributed by atoms with Crippen LogP contribution in [0, 0.1) is 5.92 Å². The van der Waals surface area contributed by atoms with Crippen LogP contribution in [0.3, 0.4) is 0 Å². The van der Waals surface area contributed by atoms with Gasteiger partial charge in [0.15, 0.2) is 5.78 Å². The average Bonchev–Trinajstić information content (AvgIpc) is 2.59. The molecule has 0 radical (unpaired) electrons. The van der Waals surface area contributed by atoms with Gasteiger partial charge >= 0.3 is 0 Å². The first-order valence-electron chi connectivity index (χ1n) is 5.36. The zero-order valence-electron chi connectivity index (χ0n) is 9.53. The molecule has 0 N–H and O–H groups in total. The second-order valence-corrected chi connectivity index (χ2v) is 4.47. The topological polar surface area (TPSA) is 38.1 Å². The van der Waals surface area contributed by atoms with E-state index in [1.54, 1.807) is 6.20 Å². The molecule has 0 spiro atoms. The molecular weight excluding hydrogens is 190 g/mol. The molecule has 0 unspecified atom stereocenters. The summed E-state index contributed by atoms with van der Waals surface area (Å²) >= 11 is 0. The van der Waals surface area contributed by atoms with E-state index in [0.29, 0.717) is 0 Å². The van der Waals surface area contributed by atoms with Crippen molar-refractivity contribution in [2.75, 3.05) is 13.6 Å². The first-order chi connectivity index (χ1) is 7.09. The van der Waals surface area contributed by atoms with E-state index in [2.05, 4.69) is 21.5 Å². The van der Waals surface area contributed by atoms with Crippen molar-refractivity contribution in [3.8, 4) is 0 Å². The molecule has 0 saturated heterocycles. The van der Waals surface area contributed by atoms with E-state index in [0.717, 1.165) is 31.2 Å². The van der Waals surface area contributed by atoms with Crippen LogP contribution in [0.2, 0.25) is 0 Å². The number of imidazole rings is 1. The quantitative estimate of drug-likeness (QED) is 0.683. The molecule has 2 heterocycles. The maximum atomic E-state index is 11.9. The fourth-order valence-corrected chi connectivity index (χ4v) is 1.87. The average molecular weight is 207 g/mol.